The van der Waals surface area contributed by atoms with Crippen LogP contribution in [0.4, 0.5) is 27.6 Å². The summed E-state index contributed by atoms with van der Waals surface area (Å²) in [5, 5.41) is 2.74. The van der Waals surface area contributed by atoms with Crippen LogP contribution in [0.3, 0.4) is 0 Å². The van der Waals surface area contributed by atoms with Crippen LogP contribution < -0.4 is 5.32 Å². The molecule has 1 fully saturated rings. The molecule has 2 aliphatic rings. The summed E-state index contributed by atoms with van der Waals surface area (Å²) in [5.41, 5.74) is -0.487. The van der Waals surface area contributed by atoms with E-state index in [0.29, 0.717) is 12.8 Å². The number of rotatable bonds is 2. The van der Waals surface area contributed by atoms with Crippen LogP contribution in [0.2, 0.25) is 0 Å². The van der Waals surface area contributed by atoms with Crippen molar-refractivity contribution in [2.24, 2.45) is 0 Å². The second-order valence-corrected chi connectivity index (χ2v) is 6.02. The molecule has 1 saturated carbocycles. The van der Waals surface area contributed by atoms with Crippen molar-refractivity contribution < 1.29 is 26.7 Å². The molecule has 25 heavy (non-hydrogen) atoms. The van der Waals surface area contributed by atoms with Crippen molar-refractivity contribution in [2.45, 2.75) is 25.0 Å². The van der Waals surface area contributed by atoms with Crippen LogP contribution in [0.25, 0.3) is 0 Å². The molecule has 3 nitrogen and oxygen atoms in total. The van der Waals surface area contributed by atoms with Gasteiger partial charge in [-0.25, -0.2) is 22.0 Å². The smallest absolute Gasteiger partial charge is 0.258 e. The van der Waals surface area contributed by atoms with Gasteiger partial charge in [0, 0.05) is 11.7 Å². The van der Waals surface area contributed by atoms with Gasteiger partial charge in [-0.05, 0) is 25.0 Å². The number of anilines is 1. The van der Waals surface area contributed by atoms with Gasteiger partial charge in [0.1, 0.15) is 6.17 Å². The molecule has 0 spiro atoms. The number of para-hydroxylation sites is 1. The van der Waals surface area contributed by atoms with E-state index in [4.69, 9.17) is 0 Å². The predicted molar refractivity (Wildman–Crippen MR) is 78.2 cm³/mol. The van der Waals surface area contributed by atoms with Crippen LogP contribution in [-0.2, 0) is 0 Å². The predicted octanol–water partition coefficient (Wildman–Crippen LogP) is 4.11. The van der Waals surface area contributed by atoms with Gasteiger partial charge in [0.25, 0.3) is 5.91 Å². The van der Waals surface area contributed by atoms with Gasteiger partial charge in [-0.3, -0.25) is 4.79 Å². The Morgan fingerprint density at radius 2 is 1.44 bits per heavy atom. The summed E-state index contributed by atoms with van der Waals surface area (Å²) in [6.45, 7) is 0. The number of hydrogen-bond donors (Lipinski definition) is 1. The third-order valence-corrected chi connectivity index (χ3v) is 4.42. The van der Waals surface area contributed by atoms with Gasteiger partial charge in [-0.15, -0.1) is 0 Å². The number of fused-ring (bicyclic) bond motifs is 1. The monoisotopic (exact) mass is 354 g/mol. The van der Waals surface area contributed by atoms with Gasteiger partial charge in [-0.1, -0.05) is 12.1 Å². The molecule has 0 radical (unpaired) electrons. The Labute approximate surface area is 139 Å². The molecule has 8 heteroatoms. The van der Waals surface area contributed by atoms with E-state index >= 15 is 0 Å². The van der Waals surface area contributed by atoms with E-state index in [1.807, 2.05) is 0 Å². The van der Waals surface area contributed by atoms with Crippen LogP contribution >= 0.6 is 0 Å². The first kappa shape index (κ1) is 15.9. The van der Waals surface area contributed by atoms with E-state index in [9.17, 15) is 26.7 Å². The number of nitrogens with one attached hydrogen (secondary N) is 1. The average Bonchev–Trinajstić information content (AvgIpc) is 3.43. The minimum atomic E-state index is -2.22. The Balaban J connectivity index is 1.92. The number of halogens is 5. The summed E-state index contributed by atoms with van der Waals surface area (Å²) < 4.78 is 69.0. The first-order chi connectivity index (χ1) is 11.9. The Kier molecular flexibility index (Phi) is 3.45. The second kappa shape index (κ2) is 5.44. The lowest BCUT2D eigenvalue weighted by molar-refractivity contribution is 0.0658. The quantitative estimate of drug-likeness (QED) is 0.500. The highest BCUT2D eigenvalue weighted by Gasteiger charge is 2.45. The number of amides is 1. The molecule has 1 aliphatic carbocycles. The molecule has 1 atom stereocenters. The second-order valence-electron chi connectivity index (χ2n) is 6.02. The van der Waals surface area contributed by atoms with Crippen molar-refractivity contribution in [3.8, 4) is 0 Å². The van der Waals surface area contributed by atoms with E-state index in [1.54, 1.807) is 12.1 Å². The van der Waals surface area contributed by atoms with Crippen molar-refractivity contribution in [2.75, 3.05) is 5.32 Å². The largest absolute Gasteiger partial charge is 0.361 e. The van der Waals surface area contributed by atoms with Gasteiger partial charge in [0.15, 0.2) is 23.3 Å². The van der Waals surface area contributed by atoms with Crippen LogP contribution in [0.1, 0.15) is 34.9 Å². The Hall–Kier alpha value is -2.64. The van der Waals surface area contributed by atoms with E-state index in [1.165, 1.54) is 12.1 Å². The van der Waals surface area contributed by atoms with Crippen LogP contribution in [-0.4, -0.2) is 16.8 Å². The first-order valence-corrected chi connectivity index (χ1v) is 7.61. The summed E-state index contributed by atoms with van der Waals surface area (Å²) in [6.07, 6.45) is -0.275. The molecular weight excluding hydrogens is 343 g/mol. The topological polar surface area (TPSA) is 32.3 Å². The van der Waals surface area contributed by atoms with Crippen LogP contribution in [0.5, 0.6) is 0 Å². The summed E-state index contributed by atoms with van der Waals surface area (Å²) in [4.78, 5) is 13.9. The van der Waals surface area contributed by atoms with Crippen molar-refractivity contribution >= 4 is 11.6 Å². The minimum Gasteiger partial charge on any atom is -0.361 e. The van der Waals surface area contributed by atoms with Crippen molar-refractivity contribution in [3.05, 3.63) is 64.5 Å². The number of nitrogens with zero attached hydrogens (tertiary/aromatic N) is 1. The van der Waals surface area contributed by atoms with Gasteiger partial charge in [0.2, 0.25) is 5.82 Å². The molecule has 0 bridgehead atoms. The molecule has 4 rings (SSSR count). The lowest BCUT2D eigenvalue weighted by Gasteiger charge is -2.38. The standard InChI is InChI=1S/C17H11F5N2O/c18-11-10(12(19)14(21)15(22)13(11)20)16-23-9-4-2-1-3-8(9)17(25)24(16)7-5-6-7/h1-4,7,16,23H,5-6H2/t16-/m0/s1. The molecule has 2 aromatic rings. The highest BCUT2D eigenvalue weighted by Crippen LogP contribution is 2.42. The van der Waals surface area contributed by atoms with Crippen LogP contribution in [0, 0.1) is 29.1 Å². The molecule has 2 aromatic carbocycles. The molecule has 1 aliphatic heterocycles. The van der Waals surface area contributed by atoms with Gasteiger partial charge >= 0.3 is 0 Å². The van der Waals surface area contributed by atoms with Crippen molar-refractivity contribution in [1.82, 2.24) is 4.90 Å². The highest BCUT2D eigenvalue weighted by molar-refractivity contribution is 6.02. The average molecular weight is 354 g/mol. The zero-order valence-corrected chi connectivity index (χ0v) is 12.6. The van der Waals surface area contributed by atoms with Gasteiger partial charge < -0.3 is 10.2 Å². The van der Waals surface area contributed by atoms with Gasteiger partial charge in [0.05, 0.1) is 11.1 Å². The number of carbonyl (C=O) groups is 1. The Morgan fingerprint density at radius 3 is 2.04 bits per heavy atom. The maximum absolute atomic E-state index is 14.2. The molecule has 130 valence electrons. The fraction of sp³-hybridized carbons (Fsp3) is 0.235. The molecule has 1 amide bonds. The third-order valence-electron chi connectivity index (χ3n) is 4.42. The fourth-order valence-electron chi connectivity index (χ4n) is 3.07. The lowest BCUT2D eigenvalue weighted by Crippen LogP contribution is -2.45. The summed E-state index contributed by atoms with van der Waals surface area (Å²) in [5.74, 6) is -10.7. The summed E-state index contributed by atoms with van der Waals surface area (Å²) in [7, 11) is 0. The van der Waals surface area contributed by atoms with Gasteiger partial charge in [-0.2, -0.15) is 0 Å². The molecule has 0 saturated heterocycles. The molecular formula is C17H11F5N2O. The SMILES string of the molecule is O=C1c2ccccc2N[C@H](c2c(F)c(F)c(F)c(F)c2F)N1C1CC1. The minimum absolute atomic E-state index is 0.276. The maximum atomic E-state index is 14.2. The van der Waals surface area contributed by atoms with E-state index in [2.05, 4.69) is 5.32 Å². The number of benzene rings is 2. The Morgan fingerprint density at radius 1 is 0.880 bits per heavy atom. The summed E-state index contributed by atoms with van der Waals surface area (Å²) in [6, 6.07) is 5.96. The molecule has 1 heterocycles. The molecule has 0 aromatic heterocycles. The zero-order chi connectivity index (χ0) is 17.9. The van der Waals surface area contributed by atoms with Crippen molar-refractivity contribution in [3.63, 3.8) is 0 Å². The normalized spacial score (nSPS) is 19.6. The van der Waals surface area contributed by atoms with E-state index < -0.39 is 46.7 Å². The van der Waals surface area contributed by atoms with E-state index in [-0.39, 0.29) is 17.3 Å². The molecule has 1 N–H and O–H groups in total. The molecule has 0 unspecified atom stereocenters. The van der Waals surface area contributed by atoms with Crippen LogP contribution in [0.15, 0.2) is 24.3 Å². The number of carbonyl (C=O) groups excluding carboxylic acids is 1. The summed E-state index contributed by atoms with van der Waals surface area (Å²) >= 11 is 0. The highest BCUT2D eigenvalue weighted by atomic mass is 19.2. The maximum Gasteiger partial charge on any atom is 0.258 e. The fourth-order valence-corrected chi connectivity index (χ4v) is 3.07. The number of hydrogen-bond acceptors (Lipinski definition) is 2. The lowest BCUT2D eigenvalue weighted by atomic mass is 10.0. The Bertz CT molecular complexity index is 868. The van der Waals surface area contributed by atoms with Crippen molar-refractivity contribution in [1.29, 1.82) is 0 Å². The third kappa shape index (κ3) is 2.27. The zero-order valence-electron chi connectivity index (χ0n) is 12.6. The van der Waals surface area contributed by atoms with E-state index in [0.717, 1.165) is 4.90 Å². The first-order valence-electron chi connectivity index (χ1n) is 7.61.